The van der Waals surface area contributed by atoms with Gasteiger partial charge in [0.2, 0.25) is 0 Å². The van der Waals surface area contributed by atoms with Gasteiger partial charge in [0.25, 0.3) is 0 Å². The number of anilines is 1. The number of aromatic nitrogens is 3. The number of hydrogen-bond acceptors (Lipinski definition) is 4. The topological polar surface area (TPSA) is 46.0 Å². The zero-order valence-electron chi connectivity index (χ0n) is 15.1. The minimum absolute atomic E-state index is 0. The molecule has 0 spiro atoms. The molecule has 0 atom stereocenters. The molecule has 0 amide bonds. The summed E-state index contributed by atoms with van der Waals surface area (Å²) < 4.78 is 1.88. The minimum atomic E-state index is 0. The summed E-state index contributed by atoms with van der Waals surface area (Å²) in [5, 5.41) is 10.5. The average Bonchev–Trinajstić information content (AvgIpc) is 2.78. The molecule has 5 nitrogen and oxygen atoms in total. The summed E-state index contributed by atoms with van der Waals surface area (Å²) in [6.45, 7) is 6.18. The second-order valence-corrected chi connectivity index (χ2v) is 6.45. The highest BCUT2D eigenvalue weighted by atomic mass is 35.5. The van der Waals surface area contributed by atoms with Crippen molar-refractivity contribution in [3.05, 3.63) is 29.5 Å². The Labute approximate surface area is 149 Å². The van der Waals surface area contributed by atoms with Gasteiger partial charge in [-0.15, -0.1) is 12.4 Å². The lowest BCUT2D eigenvalue weighted by atomic mass is 10.1. The number of pyridine rings is 1. The van der Waals surface area contributed by atoms with E-state index in [1.165, 1.54) is 10.9 Å². The summed E-state index contributed by atoms with van der Waals surface area (Å²) in [4.78, 5) is 7.08. The molecule has 0 aliphatic heterocycles. The van der Waals surface area contributed by atoms with Crippen molar-refractivity contribution in [2.45, 2.75) is 20.3 Å². The molecule has 130 valence electrons. The van der Waals surface area contributed by atoms with E-state index in [1.807, 2.05) is 11.7 Å². The Morgan fingerprint density at radius 3 is 2.67 bits per heavy atom. The van der Waals surface area contributed by atoms with E-state index in [4.69, 9.17) is 4.98 Å². The molecule has 0 aliphatic carbocycles. The van der Waals surface area contributed by atoms with Gasteiger partial charge in [-0.1, -0.05) is 18.2 Å². The lowest BCUT2D eigenvalue weighted by Crippen LogP contribution is -2.16. The number of fused-ring (bicyclic) bond motifs is 2. The van der Waals surface area contributed by atoms with E-state index >= 15 is 0 Å². The number of nitrogens with zero attached hydrogens (tertiary/aromatic N) is 4. The third-order valence-electron chi connectivity index (χ3n) is 4.25. The van der Waals surface area contributed by atoms with Crippen LogP contribution < -0.4 is 5.32 Å². The van der Waals surface area contributed by atoms with E-state index in [0.29, 0.717) is 0 Å². The van der Waals surface area contributed by atoms with Crippen LogP contribution in [0.5, 0.6) is 0 Å². The van der Waals surface area contributed by atoms with Gasteiger partial charge in [-0.2, -0.15) is 5.10 Å². The number of aryl methyl sites for hydroxylation is 3. The Morgan fingerprint density at radius 2 is 1.96 bits per heavy atom. The molecule has 0 aliphatic rings. The van der Waals surface area contributed by atoms with Crippen LogP contribution in [0.2, 0.25) is 0 Å². The van der Waals surface area contributed by atoms with Gasteiger partial charge in [0.1, 0.15) is 0 Å². The van der Waals surface area contributed by atoms with Crippen molar-refractivity contribution in [3.63, 3.8) is 0 Å². The number of nitrogens with one attached hydrogen (secondary N) is 1. The Morgan fingerprint density at radius 1 is 1.21 bits per heavy atom. The number of halogens is 1. The van der Waals surface area contributed by atoms with E-state index in [0.717, 1.165) is 47.4 Å². The number of hydrogen-bond donors (Lipinski definition) is 1. The van der Waals surface area contributed by atoms with Crippen molar-refractivity contribution in [1.29, 1.82) is 0 Å². The third-order valence-corrected chi connectivity index (χ3v) is 4.25. The average molecular weight is 348 g/mol. The maximum Gasteiger partial charge on any atom is 0.160 e. The highest BCUT2D eigenvalue weighted by Gasteiger charge is 2.16. The lowest BCUT2D eigenvalue weighted by Gasteiger charge is -2.14. The van der Waals surface area contributed by atoms with Gasteiger partial charge in [-0.05, 0) is 46.5 Å². The summed E-state index contributed by atoms with van der Waals surface area (Å²) in [6, 6.07) is 6.36. The monoisotopic (exact) mass is 347 g/mol. The van der Waals surface area contributed by atoms with Crippen molar-refractivity contribution in [2.24, 2.45) is 7.05 Å². The fraction of sp³-hybridized carbons (Fsp3) is 0.444. The second kappa shape index (κ2) is 7.36. The Balaban J connectivity index is 0.00000208. The molecule has 0 fully saturated rings. The molecule has 1 aromatic carbocycles. The van der Waals surface area contributed by atoms with Crippen molar-refractivity contribution >= 4 is 40.0 Å². The first-order valence-electron chi connectivity index (χ1n) is 8.10. The van der Waals surface area contributed by atoms with Gasteiger partial charge in [0, 0.05) is 19.0 Å². The first-order valence-corrected chi connectivity index (χ1v) is 8.10. The first kappa shape index (κ1) is 18.5. The fourth-order valence-electron chi connectivity index (χ4n) is 3.11. The predicted molar refractivity (Wildman–Crippen MR) is 104 cm³/mol. The Hall–Kier alpha value is -1.85. The van der Waals surface area contributed by atoms with Crippen molar-refractivity contribution in [3.8, 4) is 0 Å². The van der Waals surface area contributed by atoms with E-state index in [9.17, 15) is 0 Å². The Kier molecular flexibility index (Phi) is 5.67. The van der Waals surface area contributed by atoms with Crippen LogP contribution in [0, 0.1) is 13.8 Å². The molecule has 0 radical (unpaired) electrons. The molecule has 3 aromatic rings. The standard InChI is InChI=1S/C18H25N5.ClH/c1-12-8-6-9-14-16(12)20-18-15(13(2)21-23(18)5)17(14)19-10-7-11-22(3)4;/h6,8-9H,7,10-11H2,1-5H3,(H,19,20);1H. The largest absolute Gasteiger partial charge is 0.384 e. The lowest BCUT2D eigenvalue weighted by molar-refractivity contribution is 0.405. The van der Waals surface area contributed by atoms with Crippen LogP contribution in [0.4, 0.5) is 5.69 Å². The SMILES string of the molecule is Cc1cccc2c(NCCCN(C)C)c3c(C)nn(C)c3nc12.Cl. The van der Waals surface area contributed by atoms with Crippen LogP contribution >= 0.6 is 12.4 Å². The fourth-order valence-corrected chi connectivity index (χ4v) is 3.11. The first-order chi connectivity index (χ1) is 11.0. The Bertz CT molecular complexity index is 854. The quantitative estimate of drug-likeness (QED) is 0.717. The van der Waals surface area contributed by atoms with E-state index in [-0.39, 0.29) is 12.4 Å². The number of benzene rings is 1. The molecule has 0 bridgehead atoms. The summed E-state index contributed by atoms with van der Waals surface area (Å²) in [7, 11) is 6.17. The minimum Gasteiger partial charge on any atom is -0.384 e. The molecule has 2 heterocycles. The van der Waals surface area contributed by atoms with Gasteiger partial charge in [0.05, 0.1) is 22.3 Å². The van der Waals surface area contributed by atoms with Crippen LogP contribution in [0.25, 0.3) is 21.9 Å². The number of rotatable bonds is 5. The van der Waals surface area contributed by atoms with Crippen molar-refractivity contribution in [2.75, 3.05) is 32.5 Å². The second-order valence-electron chi connectivity index (χ2n) is 6.45. The molecule has 3 rings (SSSR count). The molecular formula is C18H26ClN5. The number of para-hydroxylation sites is 1. The van der Waals surface area contributed by atoms with Gasteiger partial charge in [-0.3, -0.25) is 4.68 Å². The summed E-state index contributed by atoms with van der Waals surface area (Å²) in [5.74, 6) is 0. The predicted octanol–water partition coefficient (Wildman–Crippen LogP) is 3.52. The summed E-state index contributed by atoms with van der Waals surface area (Å²) in [6.07, 6.45) is 1.10. The summed E-state index contributed by atoms with van der Waals surface area (Å²) in [5.41, 5.74) is 5.38. The third kappa shape index (κ3) is 3.32. The molecule has 0 saturated heterocycles. The molecule has 2 aromatic heterocycles. The van der Waals surface area contributed by atoms with Crippen LogP contribution in [0.1, 0.15) is 17.7 Å². The highest BCUT2D eigenvalue weighted by molar-refractivity contribution is 6.08. The molecule has 1 N–H and O–H groups in total. The van der Waals surface area contributed by atoms with Gasteiger partial charge >= 0.3 is 0 Å². The molecule has 6 heteroatoms. The van der Waals surface area contributed by atoms with Crippen LogP contribution in [0.3, 0.4) is 0 Å². The van der Waals surface area contributed by atoms with Gasteiger partial charge in [-0.25, -0.2) is 4.98 Å². The molecule has 0 unspecified atom stereocenters. The van der Waals surface area contributed by atoms with E-state index in [1.54, 1.807) is 0 Å². The van der Waals surface area contributed by atoms with E-state index in [2.05, 4.69) is 61.5 Å². The van der Waals surface area contributed by atoms with Crippen LogP contribution in [0.15, 0.2) is 18.2 Å². The highest BCUT2D eigenvalue weighted by Crippen LogP contribution is 2.33. The smallest absolute Gasteiger partial charge is 0.160 e. The molecule has 0 saturated carbocycles. The maximum atomic E-state index is 4.87. The van der Waals surface area contributed by atoms with Crippen LogP contribution in [-0.2, 0) is 7.05 Å². The van der Waals surface area contributed by atoms with Crippen molar-refractivity contribution < 1.29 is 0 Å². The normalized spacial score (nSPS) is 11.2. The molecular weight excluding hydrogens is 322 g/mol. The summed E-state index contributed by atoms with van der Waals surface area (Å²) >= 11 is 0. The van der Waals surface area contributed by atoms with Crippen LogP contribution in [-0.4, -0.2) is 46.8 Å². The van der Waals surface area contributed by atoms with Gasteiger partial charge in [0.15, 0.2) is 5.65 Å². The van der Waals surface area contributed by atoms with Gasteiger partial charge < -0.3 is 10.2 Å². The zero-order valence-corrected chi connectivity index (χ0v) is 15.9. The van der Waals surface area contributed by atoms with Crippen molar-refractivity contribution in [1.82, 2.24) is 19.7 Å². The maximum absolute atomic E-state index is 4.87. The van der Waals surface area contributed by atoms with E-state index < -0.39 is 0 Å². The molecule has 24 heavy (non-hydrogen) atoms. The zero-order chi connectivity index (χ0) is 16.6.